The molecule has 0 bridgehead atoms. The Balaban J connectivity index is 2.01. The number of nitrogens with zero attached hydrogens (tertiary/aromatic N) is 1. The maximum absolute atomic E-state index is 12.6. The summed E-state index contributed by atoms with van der Waals surface area (Å²) in [6, 6.07) is 20.8. The smallest absolute Gasteiger partial charge is 0.160 e. The Bertz CT molecular complexity index is 1180. The summed E-state index contributed by atoms with van der Waals surface area (Å²) >= 11 is 0. The molecule has 0 saturated heterocycles. The third kappa shape index (κ3) is 2.19. The third-order valence-electron chi connectivity index (χ3n) is 5.45. The van der Waals surface area contributed by atoms with Crippen molar-refractivity contribution in [3.63, 3.8) is 0 Å². The van der Waals surface area contributed by atoms with Gasteiger partial charge in [0.25, 0.3) is 0 Å². The average Bonchev–Trinajstić information content (AvgIpc) is 2.68. The normalized spacial score (nSPS) is 13.3. The number of Topliss-reactive ketones (excluding diaryl/α,β-unsaturated/α-hetero) is 1. The van der Waals surface area contributed by atoms with E-state index in [1.807, 2.05) is 24.3 Å². The highest BCUT2D eigenvalue weighted by Crippen LogP contribution is 2.40. The maximum atomic E-state index is 12.6. The van der Waals surface area contributed by atoms with Gasteiger partial charge < -0.3 is 0 Å². The van der Waals surface area contributed by atoms with Crippen molar-refractivity contribution in [2.75, 3.05) is 0 Å². The van der Waals surface area contributed by atoms with Gasteiger partial charge in [0, 0.05) is 22.0 Å². The van der Waals surface area contributed by atoms with Crippen LogP contribution in [0.15, 0.2) is 60.7 Å². The van der Waals surface area contributed by atoms with Crippen molar-refractivity contribution < 1.29 is 4.79 Å². The molecule has 0 unspecified atom stereocenters. The summed E-state index contributed by atoms with van der Waals surface area (Å²) in [5.41, 5.74) is 6.39. The minimum absolute atomic E-state index is 0.141. The van der Waals surface area contributed by atoms with Crippen molar-refractivity contribution in [3.8, 4) is 11.1 Å². The second-order valence-electron chi connectivity index (χ2n) is 7.05. The van der Waals surface area contributed by atoms with E-state index in [0.29, 0.717) is 0 Å². The summed E-state index contributed by atoms with van der Waals surface area (Å²) in [5, 5.41) is 3.60. The van der Waals surface area contributed by atoms with E-state index in [0.717, 1.165) is 47.2 Å². The van der Waals surface area contributed by atoms with Crippen LogP contribution in [0.3, 0.4) is 0 Å². The van der Waals surface area contributed by atoms with Gasteiger partial charge >= 0.3 is 0 Å². The number of aromatic nitrogens is 1. The minimum Gasteiger partial charge on any atom is -0.294 e. The molecular formula is C24H19NO. The number of ketones is 1. The zero-order valence-electron chi connectivity index (χ0n) is 14.8. The molecule has 1 aliphatic carbocycles. The standard InChI is InChI=1S/C24H19NO/c1-15(26)23-18-11-7-13-22-24(18)20(17-10-5-6-12-21(17)25-22)14-19(23)16-8-3-2-4-9-16/h2-6,8-10,12,14H,7,11,13H2,1H3. The van der Waals surface area contributed by atoms with Gasteiger partial charge in [-0.15, -0.1) is 0 Å². The van der Waals surface area contributed by atoms with E-state index in [1.165, 1.54) is 21.7 Å². The summed E-state index contributed by atoms with van der Waals surface area (Å²) in [7, 11) is 0. The van der Waals surface area contributed by atoms with Crippen molar-refractivity contribution in [1.82, 2.24) is 4.98 Å². The first-order valence-electron chi connectivity index (χ1n) is 9.17. The van der Waals surface area contributed by atoms with E-state index in [9.17, 15) is 4.79 Å². The van der Waals surface area contributed by atoms with Crippen molar-refractivity contribution in [2.24, 2.45) is 0 Å². The second kappa shape index (κ2) is 5.77. The lowest BCUT2D eigenvalue weighted by Crippen LogP contribution is -2.11. The Labute approximate surface area is 152 Å². The van der Waals surface area contributed by atoms with Crippen LogP contribution in [-0.2, 0) is 12.8 Å². The Hall–Kier alpha value is -3.00. The number of aryl methyl sites for hydroxylation is 2. The highest BCUT2D eigenvalue weighted by atomic mass is 16.1. The van der Waals surface area contributed by atoms with E-state index in [1.54, 1.807) is 6.92 Å². The molecule has 126 valence electrons. The predicted octanol–water partition coefficient (Wildman–Crippen LogP) is 5.75. The number of benzene rings is 3. The molecule has 0 fully saturated rings. The largest absolute Gasteiger partial charge is 0.294 e. The van der Waals surface area contributed by atoms with Crippen LogP contribution < -0.4 is 0 Å². The number of pyridine rings is 1. The fourth-order valence-electron chi connectivity index (χ4n) is 4.39. The highest BCUT2D eigenvalue weighted by Gasteiger charge is 2.24. The molecule has 0 saturated carbocycles. The molecule has 2 heteroatoms. The van der Waals surface area contributed by atoms with Crippen molar-refractivity contribution in [2.45, 2.75) is 26.2 Å². The lowest BCUT2D eigenvalue weighted by molar-refractivity contribution is 0.101. The molecule has 0 aliphatic heterocycles. The number of carbonyl (C=O) groups is 1. The molecule has 4 aromatic rings. The van der Waals surface area contributed by atoms with Gasteiger partial charge in [0.05, 0.1) is 5.52 Å². The fourth-order valence-corrected chi connectivity index (χ4v) is 4.39. The minimum atomic E-state index is 0.141. The van der Waals surface area contributed by atoms with Gasteiger partial charge in [0.15, 0.2) is 5.78 Å². The van der Waals surface area contributed by atoms with Gasteiger partial charge in [-0.1, -0.05) is 48.5 Å². The van der Waals surface area contributed by atoms with E-state index in [4.69, 9.17) is 4.98 Å². The summed E-state index contributed by atoms with van der Waals surface area (Å²) in [5.74, 6) is 0.141. The maximum Gasteiger partial charge on any atom is 0.160 e. The summed E-state index contributed by atoms with van der Waals surface area (Å²) in [6.07, 6.45) is 2.97. The Morgan fingerprint density at radius 1 is 0.923 bits per heavy atom. The number of carbonyl (C=O) groups excluding carboxylic acids is 1. The molecule has 3 aromatic carbocycles. The first-order chi connectivity index (χ1) is 12.7. The predicted molar refractivity (Wildman–Crippen MR) is 107 cm³/mol. The number of hydrogen-bond acceptors (Lipinski definition) is 2. The van der Waals surface area contributed by atoms with Crippen LogP contribution in [0.1, 0.15) is 35.0 Å². The van der Waals surface area contributed by atoms with Gasteiger partial charge in [0.1, 0.15) is 0 Å². The van der Waals surface area contributed by atoms with Crippen molar-refractivity contribution >= 4 is 27.5 Å². The Morgan fingerprint density at radius 3 is 2.50 bits per heavy atom. The summed E-state index contributed by atoms with van der Waals surface area (Å²) in [4.78, 5) is 17.6. The number of hydrogen-bond donors (Lipinski definition) is 0. The zero-order valence-corrected chi connectivity index (χ0v) is 14.8. The van der Waals surface area contributed by atoms with Crippen LogP contribution in [0.2, 0.25) is 0 Å². The van der Waals surface area contributed by atoms with Gasteiger partial charge in [-0.3, -0.25) is 9.78 Å². The van der Waals surface area contributed by atoms with Crippen LogP contribution >= 0.6 is 0 Å². The van der Waals surface area contributed by atoms with Crippen LogP contribution in [0, 0.1) is 0 Å². The molecular weight excluding hydrogens is 318 g/mol. The topological polar surface area (TPSA) is 30.0 Å². The fraction of sp³-hybridized carbons (Fsp3) is 0.167. The molecule has 1 aromatic heterocycles. The molecule has 5 rings (SSSR count). The van der Waals surface area contributed by atoms with Gasteiger partial charge in [0.2, 0.25) is 0 Å². The van der Waals surface area contributed by atoms with Gasteiger partial charge in [-0.05, 0) is 60.4 Å². The van der Waals surface area contributed by atoms with Crippen LogP contribution in [0.4, 0.5) is 0 Å². The molecule has 0 atom stereocenters. The monoisotopic (exact) mass is 337 g/mol. The number of fused-ring (bicyclic) bond motifs is 2. The van der Waals surface area contributed by atoms with Gasteiger partial charge in [-0.25, -0.2) is 0 Å². The van der Waals surface area contributed by atoms with Crippen LogP contribution in [0.25, 0.3) is 32.8 Å². The number of rotatable bonds is 2. The molecule has 0 radical (unpaired) electrons. The Kier molecular flexibility index (Phi) is 3.39. The highest BCUT2D eigenvalue weighted by molar-refractivity contribution is 6.15. The van der Waals surface area contributed by atoms with Crippen molar-refractivity contribution in [3.05, 3.63) is 77.5 Å². The van der Waals surface area contributed by atoms with Crippen LogP contribution in [-0.4, -0.2) is 10.8 Å². The summed E-state index contributed by atoms with van der Waals surface area (Å²) < 4.78 is 0. The van der Waals surface area contributed by atoms with E-state index < -0.39 is 0 Å². The van der Waals surface area contributed by atoms with Crippen molar-refractivity contribution in [1.29, 1.82) is 0 Å². The molecule has 0 spiro atoms. The third-order valence-corrected chi connectivity index (χ3v) is 5.45. The SMILES string of the molecule is CC(=O)c1c(-c2ccccc2)cc2c3c(nc4ccccc42)CCCc13. The summed E-state index contributed by atoms with van der Waals surface area (Å²) in [6.45, 7) is 1.69. The first kappa shape index (κ1) is 15.3. The number of para-hydroxylation sites is 1. The van der Waals surface area contributed by atoms with E-state index in [-0.39, 0.29) is 5.78 Å². The van der Waals surface area contributed by atoms with E-state index in [2.05, 4.69) is 36.4 Å². The average molecular weight is 337 g/mol. The molecule has 1 heterocycles. The van der Waals surface area contributed by atoms with Gasteiger partial charge in [-0.2, -0.15) is 0 Å². The van der Waals surface area contributed by atoms with Crippen LogP contribution in [0.5, 0.6) is 0 Å². The quantitative estimate of drug-likeness (QED) is 0.344. The molecule has 1 aliphatic rings. The zero-order chi connectivity index (χ0) is 17.7. The molecule has 0 amide bonds. The van der Waals surface area contributed by atoms with E-state index >= 15 is 0 Å². The lowest BCUT2D eigenvalue weighted by atomic mass is 9.82. The second-order valence-corrected chi connectivity index (χ2v) is 7.05. The molecule has 2 nitrogen and oxygen atoms in total. The molecule has 26 heavy (non-hydrogen) atoms. The molecule has 0 N–H and O–H groups in total. The lowest BCUT2D eigenvalue weighted by Gasteiger charge is -2.23. The first-order valence-corrected chi connectivity index (χ1v) is 9.17. The Morgan fingerprint density at radius 2 is 1.69 bits per heavy atom.